The molecule has 0 bridgehead atoms. The lowest BCUT2D eigenvalue weighted by molar-refractivity contribution is -0.118. The maximum Gasteiger partial charge on any atom is 0.291 e. The Balaban J connectivity index is 1.88. The van der Waals surface area contributed by atoms with Gasteiger partial charge in [0, 0.05) is 6.07 Å². The molecule has 7 heteroatoms. The molecule has 1 aromatic carbocycles. The van der Waals surface area contributed by atoms with Gasteiger partial charge in [-0.3, -0.25) is 9.59 Å². The van der Waals surface area contributed by atoms with Crippen LogP contribution >= 0.6 is 0 Å². The van der Waals surface area contributed by atoms with E-state index in [4.69, 9.17) is 14.9 Å². The fourth-order valence-corrected chi connectivity index (χ4v) is 1.84. The van der Waals surface area contributed by atoms with Crippen LogP contribution in [0, 0.1) is 0 Å². The van der Waals surface area contributed by atoms with Crippen LogP contribution < -0.4 is 21.1 Å². The Morgan fingerprint density at radius 2 is 2.25 bits per heavy atom. The van der Waals surface area contributed by atoms with Crippen LogP contribution in [0.25, 0.3) is 0 Å². The third-order valence-electron chi connectivity index (χ3n) is 2.78. The van der Waals surface area contributed by atoms with Crippen LogP contribution in [-0.2, 0) is 4.79 Å². The minimum Gasteiger partial charge on any atom is -0.482 e. The summed E-state index contributed by atoms with van der Waals surface area (Å²) < 4.78 is 10.2. The van der Waals surface area contributed by atoms with Gasteiger partial charge < -0.3 is 25.5 Å². The van der Waals surface area contributed by atoms with Crippen molar-refractivity contribution in [3.05, 3.63) is 36.3 Å². The first-order valence-corrected chi connectivity index (χ1v) is 5.84. The second-order valence-corrected chi connectivity index (χ2v) is 4.20. The lowest BCUT2D eigenvalue weighted by Gasteiger charge is -2.19. The van der Waals surface area contributed by atoms with Gasteiger partial charge >= 0.3 is 0 Å². The van der Waals surface area contributed by atoms with Crippen molar-refractivity contribution >= 4 is 28.9 Å². The van der Waals surface area contributed by atoms with Gasteiger partial charge in [0.2, 0.25) is 0 Å². The van der Waals surface area contributed by atoms with Gasteiger partial charge in [-0.2, -0.15) is 0 Å². The quantitative estimate of drug-likeness (QED) is 0.718. The van der Waals surface area contributed by atoms with Crippen LogP contribution in [0.4, 0.5) is 17.1 Å². The number of fused-ring (bicyclic) bond motifs is 1. The average molecular weight is 273 g/mol. The first-order chi connectivity index (χ1) is 9.63. The van der Waals surface area contributed by atoms with Crippen LogP contribution in [0.15, 0.2) is 34.9 Å². The van der Waals surface area contributed by atoms with E-state index in [1.807, 2.05) is 0 Å². The van der Waals surface area contributed by atoms with Crippen molar-refractivity contribution in [1.29, 1.82) is 0 Å². The van der Waals surface area contributed by atoms with E-state index < -0.39 is 5.91 Å². The number of carbonyl (C=O) groups excluding carboxylic acids is 2. The van der Waals surface area contributed by atoms with Crippen LogP contribution in [0.3, 0.4) is 0 Å². The highest BCUT2D eigenvalue weighted by Gasteiger charge is 2.19. The van der Waals surface area contributed by atoms with Gasteiger partial charge in [0.25, 0.3) is 11.8 Å². The molecule has 1 aliphatic heterocycles. The van der Waals surface area contributed by atoms with Gasteiger partial charge in [0.15, 0.2) is 12.4 Å². The zero-order valence-corrected chi connectivity index (χ0v) is 10.3. The summed E-state index contributed by atoms with van der Waals surface area (Å²) in [5.74, 6) is -0.0456. The summed E-state index contributed by atoms with van der Waals surface area (Å²) in [5.41, 5.74) is 7.01. The standard InChI is InChI=1S/C13H11N3O4/c14-7-4-11-9(15-12(17)6-20-11)5-8(7)16-13(18)10-2-1-3-19-10/h1-5H,6,14H2,(H,15,17)(H,16,18). The third-order valence-corrected chi connectivity index (χ3v) is 2.78. The van der Waals surface area contributed by atoms with E-state index in [1.54, 1.807) is 18.2 Å². The van der Waals surface area contributed by atoms with E-state index in [2.05, 4.69) is 10.6 Å². The smallest absolute Gasteiger partial charge is 0.291 e. The fourth-order valence-electron chi connectivity index (χ4n) is 1.84. The number of carbonyl (C=O) groups is 2. The summed E-state index contributed by atoms with van der Waals surface area (Å²) in [6, 6.07) is 6.24. The summed E-state index contributed by atoms with van der Waals surface area (Å²) in [5, 5.41) is 5.25. The third kappa shape index (κ3) is 2.16. The molecule has 7 nitrogen and oxygen atoms in total. The number of ether oxygens (including phenoxy) is 1. The molecule has 1 aliphatic rings. The highest BCUT2D eigenvalue weighted by atomic mass is 16.5. The van der Waals surface area contributed by atoms with Crippen molar-refractivity contribution in [3.8, 4) is 5.75 Å². The van der Waals surface area contributed by atoms with Crippen molar-refractivity contribution in [3.63, 3.8) is 0 Å². The highest BCUT2D eigenvalue weighted by molar-refractivity contribution is 6.05. The Morgan fingerprint density at radius 1 is 1.40 bits per heavy atom. The van der Waals surface area contributed by atoms with Crippen molar-refractivity contribution in [2.45, 2.75) is 0 Å². The fraction of sp³-hybridized carbons (Fsp3) is 0.0769. The molecule has 0 atom stereocenters. The normalized spacial score (nSPS) is 13.1. The molecule has 2 aromatic rings. The van der Waals surface area contributed by atoms with Crippen molar-refractivity contribution in [2.24, 2.45) is 0 Å². The summed E-state index contributed by atoms with van der Waals surface area (Å²) in [6.45, 7) is -0.0511. The maximum atomic E-state index is 11.9. The Morgan fingerprint density at radius 3 is 3.00 bits per heavy atom. The molecule has 2 amide bonds. The number of amides is 2. The van der Waals surface area contributed by atoms with E-state index in [0.29, 0.717) is 22.8 Å². The average Bonchev–Trinajstić information content (AvgIpc) is 2.94. The Bertz CT molecular complexity index is 679. The molecule has 0 radical (unpaired) electrons. The summed E-state index contributed by atoms with van der Waals surface area (Å²) in [6.07, 6.45) is 1.40. The van der Waals surface area contributed by atoms with Gasteiger partial charge in [-0.25, -0.2) is 0 Å². The number of rotatable bonds is 2. The van der Waals surface area contributed by atoms with Crippen molar-refractivity contribution in [1.82, 2.24) is 0 Å². The molecule has 0 saturated heterocycles. The van der Waals surface area contributed by atoms with Gasteiger partial charge in [0.05, 0.1) is 23.3 Å². The predicted molar refractivity (Wildman–Crippen MR) is 71.6 cm³/mol. The van der Waals surface area contributed by atoms with Crippen LogP contribution in [-0.4, -0.2) is 18.4 Å². The number of nitrogen functional groups attached to an aromatic ring is 1. The molecule has 0 fully saturated rings. The minimum absolute atomic E-state index is 0.0511. The number of nitrogens with one attached hydrogen (secondary N) is 2. The lowest BCUT2D eigenvalue weighted by Crippen LogP contribution is -2.25. The molecule has 2 heterocycles. The zero-order chi connectivity index (χ0) is 14.1. The predicted octanol–water partition coefficient (Wildman–Crippen LogP) is 1.44. The molecule has 0 saturated carbocycles. The Hall–Kier alpha value is -2.96. The SMILES string of the molecule is Nc1cc2c(cc1NC(=O)c1ccco1)NC(=O)CO2. The van der Waals surface area contributed by atoms with E-state index >= 15 is 0 Å². The molecule has 102 valence electrons. The molecular formula is C13H11N3O4. The van der Waals surface area contributed by atoms with Crippen LogP contribution in [0.1, 0.15) is 10.6 Å². The first-order valence-electron chi connectivity index (χ1n) is 5.84. The monoisotopic (exact) mass is 273 g/mol. The molecule has 0 spiro atoms. The number of nitrogens with two attached hydrogens (primary N) is 1. The summed E-state index contributed by atoms with van der Waals surface area (Å²) in [4.78, 5) is 23.1. The molecule has 4 N–H and O–H groups in total. The first kappa shape index (κ1) is 12.1. The lowest BCUT2D eigenvalue weighted by atomic mass is 10.2. The molecule has 0 aliphatic carbocycles. The molecule has 0 unspecified atom stereocenters. The molecular weight excluding hydrogens is 262 g/mol. The highest BCUT2D eigenvalue weighted by Crippen LogP contribution is 2.35. The second-order valence-electron chi connectivity index (χ2n) is 4.20. The summed E-state index contributed by atoms with van der Waals surface area (Å²) >= 11 is 0. The largest absolute Gasteiger partial charge is 0.482 e. The maximum absolute atomic E-state index is 11.9. The topological polar surface area (TPSA) is 107 Å². The minimum atomic E-state index is -0.426. The van der Waals surface area contributed by atoms with E-state index in [1.165, 1.54) is 12.3 Å². The molecule has 20 heavy (non-hydrogen) atoms. The van der Waals surface area contributed by atoms with Gasteiger partial charge in [-0.05, 0) is 18.2 Å². The van der Waals surface area contributed by atoms with Crippen molar-refractivity contribution in [2.75, 3.05) is 23.0 Å². The number of hydrogen-bond donors (Lipinski definition) is 3. The van der Waals surface area contributed by atoms with E-state index in [0.717, 1.165) is 0 Å². The number of furan rings is 1. The van der Waals surface area contributed by atoms with E-state index in [9.17, 15) is 9.59 Å². The van der Waals surface area contributed by atoms with E-state index in [-0.39, 0.29) is 18.3 Å². The summed E-state index contributed by atoms with van der Waals surface area (Å²) in [7, 11) is 0. The molecule has 1 aromatic heterocycles. The Kier molecular flexibility index (Phi) is 2.79. The van der Waals surface area contributed by atoms with Gasteiger partial charge in [0.1, 0.15) is 5.75 Å². The number of anilines is 3. The van der Waals surface area contributed by atoms with Crippen LogP contribution in [0.2, 0.25) is 0 Å². The zero-order valence-electron chi connectivity index (χ0n) is 10.3. The molecule has 3 rings (SSSR count). The number of hydrogen-bond acceptors (Lipinski definition) is 5. The van der Waals surface area contributed by atoms with Crippen LogP contribution in [0.5, 0.6) is 5.75 Å². The van der Waals surface area contributed by atoms with Crippen molar-refractivity contribution < 1.29 is 18.7 Å². The van der Waals surface area contributed by atoms with Gasteiger partial charge in [-0.15, -0.1) is 0 Å². The number of benzene rings is 1. The second kappa shape index (κ2) is 4.61. The van der Waals surface area contributed by atoms with Gasteiger partial charge in [-0.1, -0.05) is 0 Å². The Labute approximate surface area is 113 Å².